The van der Waals surface area contributed by atoms with Crippen LogP contribution < -0.4 is 5.32 Å². The largest absolute Gasteiger partial charge is 0.314 e. The molecule has 0 amide bonds. The lowest BCUT2D eigenvalue weighted by molar-refractivity contribution is 0.399. The van der Waals surface area contributed by atoms with Gasteiger partial charge >= 0.3 is 0 Å². The lowest BCUT2D eigenvalue weighted by atomic mass is 9.95. The molecule has 0 bridgehead atoms. The first-order valence-electron chi connectivity index (χ1n) is 8.36. The van der Waals surface area contributed by atoms with E-state index in [4.69, 9.17) is 0 Å². The van der Waals surface area contributed by atoms with E-state index in [0.29, 0.717) is 6.04 Å². The monoisotopic (exact) mass is 355 g/mol. The Kier molecular flexibility index (Phi) is 7.18. The van der Waals surface area contributed by atoms with Gasteiger partial charge in [0.1, 0.15) is 5.82 Å². The summed E-state index contributed by atoms with van der Waals surface area (Å²) < 4.78 is 14.8. The van der Waals surface area contributed by atoms with Crippen LogP contribution in [0.1, 0.15) is 57.4 Å². The molecule has 1 aliphatic rings. The molecule has 0 heterocycles. The van der Waals surface area contributed by atoms with Gasteiger partial charge in [-0.3, -0.25) is 0 Å². The molecule has 1 saturated carbocycles. The van der Waals surface area contributed by atoms with Crippen molar-refractivity contribution < 1.29 is 4.39 Å². The first-order valence-corrected chi connectivity index (χ1v) is 9.15. The van der Waals surface area contributed by atoms with Gasteiger partial charge in [0.05, 0.1) is 0 Å². The Morgan fingerprint density at radius 3 is 2.76 bits per heavy atom. The molecule has 1 aliphatic carbocycles. The Labute approximate surface area is 136 Å². The Hall–Kier alpha value is -0.410. The zero-order valence-corrected chi connectivity index (χ0v) is 14.6. The molecule has 1 unspecified atom stereocenters. The molecular formula is C18H27BrFN. The van der Waals surface area contributed by atoms with Crippen molar-refractivity contribution in [3.63, 3.8) is 0 Å². The van der Waals surface area contributed by atoms with Crippen LogP contribution >= 0.6 is 15.9 Å². The van der Waals surface area contributed by atoms with Gasteiger partial charge in [-0.1, -0.05) is 54.6 Å². The maximum absolute atomic E-state index is 14.0. The lowest BCUT2D eigenvalue weighted by Crippen LogP contribution is -2.32. The SMILES string of the molecule is CCCNC(CCC1CCCC1)Cc1ccc(Br)cc1F. The molecule has 2 rings (SSSR count). The summed E-state index contributed by atoms with van der Waals surface area (Å²) in [5.74, 6) is 0.819. The Bertz CT molecular complexity index is 429. The summed E-state index contributed by atoms with van der Waals surface area (Å²) in [6.45, 7) is 3.20. The van der Waals surface area contributed by atoms with Crippen LogP contribution in [0.15, 0.2) is 22.7 Å². The summed E-state index contributed by atoms with van der Waals surface area (Å²) >= 11 is 3.32. The minimum Gasteiger partial charge on any atom is -0.314 e. The van der Waals surface area contributed by atoms with E-state index in [-0.39, 0.29) is 5.82 Å². The second kappa shape index (κ2) is 8.89. The first kappa shape index (κ1) is 17.0. The van der Waals surface area contributed by atoms with Crippen molar-refractivity contribution in [2.24, 2.45) is 5.92 Å². The van der Waals surface area contributed by atoms with Gasteiger partial charge in [0, 0.05) is 10.5 Å². The highest BCUT2D eigenvalue weighted by Gasteiger charge is 2.18. The molecular weight excluding hydrogens is 329 g/mol. The average molecular weight is 356 g/mol. The number of hydrogen-bond donors (Lipinski definition) is 1. The second-order valence-corrected chi connectivity index (χ2v) is 7.23. The fourth-order valence-corrected chi connectivity index (χ4v) is 3.65. The highest BCUT2D eigenvalue weighted by atomic mass is 79.9. The van der Waals surface area contributed by atoms with Gasteiger partial charge in [-0.05, 0) is 55.8 Å². The van der Waals surface area contributed by atoms with Crippen molar-refractivity contribution in [1.82, 2.24) is 5.32 Å². The van der Waals surface area contributed by atoms with Crippen molar-refractivity contribution in [2.45, 2.75) is 64.3 Å². The molecule has 1 fully saturated rings. The molecule has 1 N–H and O–H groups in total. The predicted molar refractivity (Wildman–Crippen MR) is 91.1 cm³/mol. The van der Waals surface area contributed by atoms with Crippen molar-refractivity contribution in [3.8, 4) is 0 Å². The Balaban J connectivity index is 1.90. The van der Waals surface area contributed by atoms with Crippen LogP contribution in [0.4, 0.5) is 4.39 Å². The maximum Gasteiger partial charge on any atom is 0.127 e. The third-order valence-electron chi connectivity index (χ3n) is 4.56. The Morgan fingerprint density at radius 1 is 1.33 bits per heavy atom. The number of nitrogens with one attached hydrogen (secondary N) is 1. The van der Waals surface area contributed by atoms with Gasteiger partial charge in [-0.15, -0.1) is 0 Å². The molecule has 118 valence electrons. The number of benzene rings is 1. The van der Waals surface area contributed by atoms with Crippen LogP contribution in [-0.4, -0.2) is 12.6 Å². The summed E-state index contributed by atoms with van der Waals surface area (Å²) in [5.41, 5.74) is 0.832. The van der Waals surface area contributed by atoms with Crippen molar-refractivity contribution in [3.05, 3.63) is 34.1 Å². The fraction of sp³-hybridized carbons (Fsp3) is 0.667. The summed E-state index contributed by atoms with van der Waals surface area (Å²) in [7, 11) is 0. The van der Waals surface area contributed by atoms with E-state index in [1.165, 1.54) is 38.5 Å². The topological polar surface area (TPSA) is 12.0 Å². The van der Waals surface area contributed by atoms with Crippen LogP contribution in [0.2, 0.25) is 0 Å². The van der Waals surface area contributed by atoms with Crippen LogP contribution in [-0.2, 0) is 6.42 Å². The highest BCUT2D eigenvalue weighted by Crippen LogP contribution is 2.29. The zero-order valence-electron chi connectivity index (χ0n) is 13.0. The van der Waals surface area contributed by atoms with E-state index in [1.807, 2.05) is 12.1 Å². The van der Waals surface area contributed by atoms with Gasteiger partial charge < -0.3 is 5.32 Å². The van der Waals surface area contributed by atoms with Gasteiger partial charge in [0.25, 0.3) is 0 Å². The van der Waals surface area contributed by atoms with Crippen molar-refractivity contribution in [1.29, 1.82) is 0 Å². The van der Waals surface area contributed by atoms with E-state index in [1.54, 1.807) is 6.07 Å². The molecule has 1 aromatic rings. The van der Waals surface area contributed by atoms with Crippen LogP contribution in [0.5, 0.6) is 0 Å². The molecule has 0 radical (unpaired) electrons. The first-order chi connectivity index (χ1) is 10.2. The highest BCUT2D eigenvalue weighted by molar-refractivity contribution is 9.10. The zero-order chi connectivity index (χ0) is 15.1. The van der Waals surface area contributed by atoms with Crippen LogP contribution in [0.3, 0.4) is 0 Å². The standard InChI is InChI=1S/C18H27BrFN/c1-2-11-21-17(10-7-14-5-3-4-6-14)12-15-8-9-16(19)13-18(15)20/h8-9,13-14,17,21H,2-7,10-12H2,1H3. The summed E-state index contributed by atoms with van der Waals surface area (Å²) in [6, 6.07) is 5.83. The van der Waals surface area contributed by atoms with Gasteiger partial charge in [-0.2, -0.15) is 0 Å². The van der Waals surface area contributed by atoms with E-state index < -0.39 is 0 Å². The molecule has 0 aromatic heterocycles. The third-order valence-corrected chi connectivity index (χ3v) is 5.06. The second-order valence-electron chi connectivity index (χ2n) is 6.32. The quantitative estimate of drug-likeness (QED) is 0.651. The minimum atomic E-state index is -0.0893. The molecule has 3 heteroatoms. The third kappa shape index (κ3) is 5.71. The average Bonchev–Trinajstić information content (AvgIpc) is 2.97. The van der Waals surface area contributed by atoms with Crippen molar-refractivity contribution in [2.75, 3.05) is 6.54 Å². The van der Waals surface area contributed by atoms with Gasteiger partial charge in [0.15, 0.2) is 0 Å². The fourth-order valence-electron chi connectivity index (χ4n) is 3.31. The smallest absolute Gasteiger partial charge is 0.127 e. The summed E-state index contributed by atoms with van der Waals surface area (Å²) in [4.78, 5) is 0. The van der Waals surface area contributed by atoms with Crippen molar-refractivity contribution >= 4 is 15.9 Å². The van der Waals surface area contributed by atoms with Gasteiger partial charge in [-0.25, -0.2) is 4.39 Å². The number of rotatable bonds is 8. The van der Waals surface area contributed by atoms with Crippen LogP contribution in [0, 0.1) is 11.7 Å². The van der Waals surface area contributed by atoms with Gasteiger partial charge in [0.2, 0.25) is 0 Å². The summed E-state index contributed by atoms with van der Waals surface area (Å²) in [5, 5.41) is 3.61. The molecule has 0 saturated heterocycles. The van der Waals surface area contributed by atoms with E-state index in [2.05, 4.69) is 28.2 Å². The van der Waals surface area contributed by atoms with E-state index >= 15 is 0 Å². The lowest BCUT2D eigenvalue weighted by Gasteiger charge is -2.21. The molecule has 0 spiro atoms. The minimum absolute atomic E-state index is 0.0893. The molecule has 1 aromatic carbocycles. The Morgan fingerprint density at radius 2 is 2.10 bits per heavy atom. The normalized spacial score (nSPS) is 17.3. The van der Waals surface area contributed by atoms with E-state index in [0.717, 1.165) is 35.3 Å². The number of hydrogen-bond acceptors (Lipinski definition) is 1. The summed E-state index contributed by atoms with van der Waals surface area (Å²) in [6.07, 6.45) is 9.98. The maximum atomic E-state index is 14.0. The number of halogens is 2. The predicted octanol–water partition coefficient (Wildman–Crippen LogP) is 5.47. The molecule has 1 nitrogen and oxygen atoms in total. The molecule has 0 aliphatic heterocycles. The van der Waals surface area contributed by atoms with Crippen LogP contribution in [0.25, 0.3) is 0 Å². The van der Waals surface area contributed by atoms with E-state index in [9.17, 15) is 4.39 Å². The molecule has 21 heavy (non-hydrogen) atoms. The molecule has 1 atom stereocenters.